The molecule has 1 atom stereocenters. The van der Waals surface area contributed by atoms with Gasteiger partial charge in [0.05, 0.1) is 12.7 Å². The number of pyridine rings is 1. The van der Waals surface area contributed by atoms with Gasteiger partial charge in [0.2, 0.25) is 0 Å². The van der Waals surface area contributed by atoms with Crippen LogP contribution in [-0.4, -0.2) is 54.3 Å². The summed E-state index contributed by atoms with van der Waals surface area (Å²) < 4.78 is 5.73. The Morgan fingerprint density at radius 1 is 1.53 bits per heavy atom. The molecule has 1 aliphatic heterocycles. The molecule has 5 heteroatoms. The second-order valence-corrected chi connectivity index (χ2v) is 5.11. The summed E-state index contributed by atoms with van der Waals surface area (Å²) in [5, 5.41) is 4.57. The lowest BCUT2D eigenvalue weighted by atomic mass is 10.2. The normalized spacial score (nSPS) is 20.2. The highest BCUT2D eigenvalue weighted by atomic mass is 16.5. The first-order chi connectivity index (χ1) is 9.33. The third-order valence-electron chi connectivity index (χ3n) is 3.50. The van der Waals surface area contributed by atoms with Gasteiger partial charge in [0.15, 0.2) is 0 Å². The molecule has 2 N–H and O–H groups in total. The molecule has 0 bridgehead atoms. The molecule has 5 nitrogen and oxygen atoms in total. The largest absolute Gasteiger partial charge is 0.374 e. The zero-order chi connectivity index (χ0) is 13.1. The second-order valence-electron chi connectivity index (χ2n) is 5.11. The molecule has 0 radical (unpaired) electrons. The molecule has 3 heterocycles. The van der Waals surface area contributed by atoms with Crippen LogP contribution in [0.1, 0.15) is 5.56 Å². The van der Waals surface area contributed by atoms with Gasteiger partial charge in [-0.1, -0.05) is 0 Å². The molecular weight excluding hydrogens is 240 g/mol. The van der Waals surface area contributed by atoms with E-state index in [4.69, 9.17) is 4.74 Å². The Morgan fingerprint density at radius 2 is 2.47 bits per heavy atom. The summed E-state index contributed by atoms with van der Waals surface area (Å²) in [5.41, 5.74) is 2.25. The Morgan fingerprint density at radius 3 is 3.32 bits per heavy atom. The van der Waals surface area contributed by atoms with Gasteiger partial charge < -0.3 is 15.0 Å². The van der Waals surface area contributed by atoms with Crippen molar-refractivity contribution in [3.63, 3.8) is 0 Å². The third-order valence-corrected chi connectivity index (χ3v) is 3.50. The van der Waals surface area contributed by atoms with E-state index in [0.717, 1.165) is 38.4 Å². The van der Waals surface area contributed by atoms with E-state index in [9.17, 15) is 0 Å². The fourth-order valence-corrected chi connectivity index (χ4v) is 2.58. The van der Waals surface area contributed by atoms with Gasteiger partial charge in [0, 0.05) is 44.0 Å². The molecular formula is C14H20N4O. The highest BCUT2D eigenvalue weighted by Gasteiger charge is 2.16. The molecule has 0 aromatic carbocycles. The van der Waals surface area contributed by atoms with Crippen molar-refractivity contribution in [3.05, 3.63) is 30.1 Å². The van der Waals surface area contributed by atoms with Gasteiger partial charge >= 0.3 is 0 Å². The molecule has 0 amide bonds. The quantitative estimate of drug-likeness (QED) is 0.860. The third kappa shape index (κ3) is 2.94. The molecule has 1 unspecified atom stereocenters. The SMILES string of the molecule is CN(Cc1c[nH]c2ncccc12)CC1CNCCO1. The van der Waals surface area contributed by atoms with Gasteiger partial charge in [0.25, 0.3) is 0 Å². The van der Waals surface area contributed by atoms with Crippen molar-refractivity contribution in [2.45, 2.75) is 12.6 Å². The molecule has 0 spiro atoms. The van der Waals surface area contributed by atoms with Crippen LogP contribution in [0.2, 0.25) is 0 Å². The van der Waals surface area contributed by atoms with E-state index in [-0.39, 0.29) is 0 Å². The number of hydrogen-bond acceptors (Lipinski definition) is 4. The molecule has 2 aromatic heterocycles. The summed E-state index contributed by atoms with van der Waals surface area (Å²) in [5.74, 6) is 0. The number of hydrogen-bond donors (Lipinski definition) is 2. The molecule has 102 valence electrons. The minimum Gasteiger partial charge on any atom is -0.374 e. The van der Waals surface area contributed by atoms with Crippen LogP contribution >= 0.6 is 0 Å². The Balaban J connectivity index is 1.63. The van der Waals surface area contributed by atoms with E-state index in [1.807, 2.05) is 18.5 Å². The number of morpholine rings is 1. The average Bonchev–Trinajstić information content (AvgIpc) is 2.83. The fourth-order valence-electron chi connectivity index (χ4n) is 2.58. The van der Waals surface area contributed by atoms with Crippen molar-refractivity contribution in [2.75, 3.05) is 33.3 Å². The lowest BCUT2D eigenvalue weighted by Gasteiger charge is -2.27. The lowest BCUT2D eigenvalue weighted by molar-refractivity contribution is 0.00890. The standard InChI is InChI=1S/C14H20N4O/c1-18(10-12-8-15-5-6-19-12)9-11-7-17-14-13(11)3-2-4-16-14/h2-4,7,12,15H,5-6,8-10H2,1H3,(H,16,17). The maximum atomic E-state index is 5.73. The maximum absolute atomic E-state index is 5.73. The van der Waals surface area contributed by atoms with E-state index >= 15 is 0 Å². The minimum absolute atomic E-state index is 0.294. The van der Waals surface area contributed by atoms with Gasteiger partial charge in [-0.05, 0) is 24.7 Å². The van der Waals surface area contributed by atoms with E-state index in [2.05, 4.69) is 33.3 Å². The Bertz CT molecular complexity index is 533. The smallest absolute Gasteiger partial charge is 0.137 e. The number of aromatic nitrogens is 2. The molecule has 0 saturated carbocycles. The van der Waals surface area contributed by atoms with Gasteiger partial charge in [-0.25, -0.2) is 4.98 Å². The topological polar surface area (TPSA) is 53.2 Å². The van der Waals surface area contributed by atoms with Gasteiger partial charge in [-0.2, -0.15) is 0 Å². The highest BCUT2D eigenvalue weighted by Crippen LogP contribution is 2.17. The lowest BCUT2D eigenvalue weighted by Crippen LogP contribution is -2.44. The van der Waals surface area contributed by atoms with Crippen LogP contribution in [0, 0.1) is 0 Å². The van der Waals surface area contributed by atoms with Crippen LogP contribution in [-0.2, 0) is 11.3 Å². The molecule has 2 aromatic rings. The zero-order valence-electron chi connectivity index (χ0n) is 11.2. The molecule has 1 aliphatic rings. The Kier molecular flexibility index (Phi) is 3.77. The van der Waals surface area contributed by atoms with Gasteiger partial charge in [0.1, 0.15) is 5.65 Å². The van der Waals surface area contributed by atoms with Crippen molar-refractivity contribution < 1.29 is 4.74 Å². The maximum Gasteiger partial charge on any atom is 0.137 e. The van der Waals surface area contributed by atoms with Crippen molar-refractivity contribution >= 4 is 11.0 Å². The van der Waals surface area contributed by atoms with Crippen LogP contribution in [0.4, 0.5) is 0 Å². The molecule has 1 fully saturated rings. The number of nitrogens with one attached hydrogen (secondary N) is 2. The average molecular weight is 260 g/mol. The number of H-pyrrole nitrogens is 1. The van der Waals surface area contributed by atoms with Crippen LogP contribution in [0.25, 0.3) is 11.0 Å². The summed E-state index contributed by atoms with van der Waals surface area (Å²) in [7, 11) is 2.13. The van der Waals surface area contributed by atoms with Crippen LogP contribution < -0.4 is 5.32 Å². The number of rotatable bonds is 4. The van der Waals surface area contributed by atoms with E-state index in [1.54, 1.807) is 0 Å². The number of likely N-dealkylation sites (N-methyl/N-ethyl adjacent to an activating group) is 1. The first-order valence-electron chi connectivity index (χ1n) is 6.75. The molecule has 3 rings (SSSR count). The predicted molar refractivity (Wildman–Crippen MR) is 75.0 cm³/mol. The predicted octanol–water partition coefficient (Wildman–Crippen LogP) is 0.983. The van der Waals surface area contributed by atoms with Crippen molar-refractivity contribution in [1.82, 2.24) is 20.2 Å². The summed E-state index contributed by atoms with van der Waals surface area (Å²) in [6.45, 7) is 4.58. The number of ether oxygens (including phenoxy) is 1. The Labute approximate surface area is 113 Å². The monoisotopic (exact) mass is 260 g/mol. The van der Waals surface area contributed by atoms with Gasteiger partial charge in [-0.3, -0.25) is 4.90 Å². The minimum atomic E-state index is 0.294. The summed E-state index contributed by atoms with van der Waals surface area (Å²) in [6.07, 6.45) is 4.16. The number of fused-ring (bicyclic) bond motifs is 1. The van der Waals surface area contributed by atoms with Gasteiger partial charge in [-0.15, -0.1) is 0 Å². The molecule has 1 saturated heterocycles. The van der Waals surface area contributed by atoms with Crippen molar-refractivity contribution in [1.29, 1.82) is 0 Å². The zero-order valence-corrected chi connectivity index (χ0v) is 11.2. The van der Waals surface area contributed by atoms with E-state index < -0.39 is 0 Å². The summed E-state index contributed by atoms with van der Waals surface area (Å²) in [4.78, 5) is 9.83. The van der Waals surface area contributed by atoms with Crippen molar-refractivity contribution in [2.24, 2.45) is 0 Å². The first kappa shape index (κ1) is 12.6. The summed E-state index contributed by atoms with van der Waals surface area (Å²) in [6, 6.07) is 4.09. The van der Waals surface area contributed by atoms with Crippen LogP contribution in [0.3, 0.4) is 0 Å². The van der Waals surface area contributed by atoms with Crippen LogP contribution in [0.15, 0.2) is 24.5 Å². The number of aromatic amines is 1. The van der Waals surface area contributed by atoms with Crippen LogP contribution in [0.5, 0.6) is 0 Å². The molecule has 0 aliphatic carbocycles. The molecule has 19 heavy (non-hydrogen) atoms. The van der Waals surface area contributed by atoms with E-state index in [0.29, 0.717) is 6.10 Å². The fraction of sp³-hybridized carbons (Fsp3) is 0.500. The Hall–Kier alpha value is -1.43. The summed E-state index contributed by atoms with van der Waals surface area (Å²) >= 11 is 0. The van der Waals surface area contributed by atoms with Crippen molar-refractivity contribution in [3.8, 4) is 0 Å². The first-order valence-corrected chi connectivity index (χ1v) is 6.75. The second kappa shape index (κ2) is 5.69. The van der Waals surface area contributed by atoms with E-state index in [1.165, 1.54) is 10.9 Å². The number of nitrogens with zero attached hydrogens (tertiary/aromatic N) is 2. The highest BCUT2D eigenvalue weighted by molar-refractivity contribution is 5.79.